The Balaban J connectivity index is 1.78. The van der Waals surface area contributed by atoms with Gasteiger partial charge in [-0.3, -0.25) is 9.89 Å². The fraction of sp³-hybridized carbons (Fsp3) is 0.333. The number of amides is 1. The van der Waals surface area contributed by atoms with Gasteiger partial charge in [0.1, 0.15) is 0 Å². The molecule has 0 aliphatic heterocycles. The monoisotopic (exact) mass is 285 g/mol. The molecule has 4 N–H and O–H groups in total. The second kappa shape index (κ2) is 5.12. The number of carbonyl (C=O) groups excluding carboxylic acids is 1. The normalized spacial score (nSPS) is 14.0. The number of nitrogens with two attached hydrogens (primary N) is 1. The van der Waals surface area contributed by atoms with E-state index in [1.165, 1.54) is 0 Å². The Hall–Kier alpha value is -2.50. The van der Waals surface area contributed by atoms with Gasteiger partial charge in [-0.25, -0.2) is 0 Å². The second-order valence-corrected chi connectivity index (χ2v) is 5.57. The topological polar surface area (TPSA) is 87.0 Å². The molecule has 0 atom stereocenters. The Morgan fingerprint density at radius 2 is 2.19 bits per heavy atom. The zero-order chi connectivity index (χ0) is 15.0. The van der Waals surface area contributed by atoms with Crippen LogP contribution in [0.2, 0.25) is 0 Å². The van der Waals surface area contributed by atoms with E-state index in [1.807, 2.05) is 43.3 Å². The number of hydrogen-bond donors (Lipinski definition) is 3. The summed E-state index contributed by atoms with van der Waals surface area (Å²) >= 11 is 0. The molecular formula is C15H19N5O. The molecule has 1 heterocycles. The van der Waals surface area contributed by atoms with E-state index in [4.69, 9.17) is 5.73 Å². The van der Waals surface area contributed by atoms with Crippen molar-refractivity contribution in [3.63, 3.8) is 0 Å². The first-order valence-electron chi connectivity index (χ1n) is 6.98. The van der Waals surface area contributed by atoms with Gasteiger partial charge in [-0.15, -0.1) is 0 Å². The van der Waals surface area contributed by atoms with E-state index < -0.39 is 0 Å². The SMILES string of the molecule is CN(C)c1cccc(NC(=O)c2n[nH]c(C3CC3)c2N)c1. The van der Waals surface area contributed by atoms with Crippen LogP contribution in [0.25, 0.3) is 0 Å². The highest BCUT2D eigenvalue weighted by molar-refractivity contribution is 6.06. The van der Waals surface area contributed by atoms with Gasteiger partial charge in [0, 0.05) is 31.4 Å². The summed E-state index contributed by atoms with van der Waals surface area (Å²) in [5, 5.41) is 9.79. The molecule has 0 saturated heterocycles. The van der Waals surface area contributed by atoms with Crippen LogP contribution in [0.1, 0.15) is 34.9 Å². The molecule has 1 aliphatic carbocycles. The van der Waals surface area contributed by atoms with E-state index in [2.05, 4.69) is 15.5 Å². The van der Waals surface area contributed by atoms with Crippen LogP contribution in [-0.2, 0) is 0 Å². The van der Waals surface area contributed by atoms with Crippen LogP contribution in [-0.4, -0.2) is 30.2 Å². The fourth-order valence-electron chi connectivity index (χ4n) is 2.27. The third-order valence-corrected chi connectivity index (χ3v) is 3.65. The maximum absolute atomic E-state index is 12.3. The van der Waals surface area contributed by atoms with Crippen LogP contribution < -0.4 is 16.0 Å². The number of carbonyl (C=O) groups is 1. The lowest BCUT2D eigenvalue weighted by molar-refractivity contribution is 0.102. The van der Waals surface area contributed by atoms with Crippen molar-refractivity contribution in [2.24, 2.45) is 0 Å². The van der Waals surface area contributed by atoms with Crippen molar-refractivity contribution < 1.29 is 4.79 Å². The van der Waals surface area contributed by atoms with E-state index in [-0.39, 0.29) is 11.6 Å². The molecule has 0 bridgehead atoms. The number of nitrogen functional groups attached to an aromatic ring is 1. The lowest BCUT2D eigenvalue weighted by Crippen LogP contribution is -2.15. The first-order chi connectivity index (χ1) is 10.1. The van der Waals surface area contributed by atoms with Crippen molar-refractivity contribution in [1.29, 1.82) is 0 Å². The molecule has 6 nitrogen and oxygen atoms in total. The zero-order valence-corrected chi connectivity index (χ0v) is 12.2. The van der Waals surface area contributed by atoms with E-state index in [0.717, 1.165) is 29.9 Å². The summed E-state index contributed by atoms with van der Waals surface area (Å²) < 4.78 is 0. The van der Waals surface area contributed by atoms with Crippen molar-refractivity contribution in [2.75, 3.05) is 30.0 Å². The molecule has 6 heteroatoms. The average Bonchev–Trinajstić information content (AvgIpc) is 3.22. The zero-order valence-electron chi connectivity index (χ0n) is 12.2. The van der Waals surface area contributed by atoms with Crippen molar-refractivity contribution >= 4 is 23.0 Å². The minimum Gasteiger partial charge on any atom is -0.395 e. The molecule has 2 aromatic rings. The molecular weight excluding hydrogens is 266 g/mol. The molecule has 1 amide bonds. The maximum Gasteiger partial charge on any atom is 0.278 e. The lowest BCUT2D eigenvalue weighted by atomic mass is 10.2. The highest BCUT2D eigenvalue weighted by atomic mass is 16.2. The summed E-state index contributed by atoms with van der Waals surface area (Å²) in [6, 6.07) is 7.62. The number of aromatic amines is 1. The van der Waals surface area contributed by atoms with Gasteiger partial charge in [-0.2, -0.15) is 5.10 Å². The molecule has 1 aliphatic rings. The Bertz CT molecular complexity index is 672. The third kappa shape index (κ3) is 2.69. The fourth-order valence-corrected chi connectivity index (χ4v) is 2.27. The molecule has 3 rings (SSSR count). The number of hydrogen-bond acceptors (Lipinski definition) is 4. The Morgan fingerprint density at radius 3 is 2.86 bits per heavy atom. The Labute approximate surface area is 123 Å². The van der Waals surface area contributed by atoms with Crippen LogP contribution >= 0.6 is 0 Å². The summed E-state index contributed by atoms with van der Waals surface area (Å²) in [4.78, 5) is 14.3. The first-order valence-corrected chi connectivity index (χ1v) is 6.98. The van der Waals surface area contributed by atoms with Crippen molar-refractivity contribution in [1.82, 2.24) is 10.2 Å². The van der Waals surface area contributed by atoms with Gasteiger partial charge < -0.3 is 16.0 Å². The number of benzene rings is 1. The standard InChI is InChI=1S/C15H19N5O/c1-20(2)11-5-3-4-10(8-11)17-15(21)14-12(16)13(18-19-14)9-6-7-9/h3-5,8-9H,6-7,16H2,1-2H3,(H,17,21)(H,18,19). The number of H-pyrrole nitrogens is 1. The van der Waals surface area contributed by atoms with Gasteiger partial charge in [0.05, 0.1) is 11.4 Å². The lowest BCUT2D eigenvalue weighted by Gasteiger charge is -2.13. The van der Waals surface area contributed by atoms with Gasteiger partial charge in [0.2, 0.25) is 0 Å². The molecule has 1 aromatic carbocycles. The van der Waals surface area contributed by atoms with E-state index in [1.54, 1.807) is 0 Å². The van der Waals surface area contributed by atoms with E-state index >= 15 is 0 Å². The van der Waals surface area contributed by atoms with Crippen molar-refractivity contribution in [3.05, 3.63) is 35.7 Å². The number of nitrogens with one attached hydrogen (secondary N) is 2. The number of aromatic nitrogens is 2. The summed E-state index contributed by atoms with van der Waals surface area (Å²) in [6.45, 7) is 0. The molecule has 1 fully saturated rings. The van der Waals surface area contributed by atoms with Crippen LogP contribution in [0.4, 0.5) is 17.1 Å². The predicted octanol–water partition coefficient (Wildman–Crippen LogP) is 2.19. The summed E-state index contributed by atoms with van der Waals surface area (Å²) in [5.41, 5.74) is 9.39. The smallest absolute Gasteiger partial charge is 0.278 e. The number of anilines is 3. The molecule has 0 radical (unpaired) electrons. The van der Waals surface area contributed by atoms with Crippen molar-refractivity contribution in [2.45, 2.75) is 18.8 Å². The van der Waals surface area contributed by atoms with Crippen LogP contribution in [0.5, 0.6) is 0 Å². The first kappa shape index (κ1) is 13.5. The van der Waals surface area contributed by atoms with Gasteiger partial charge >= 0.3 is 0 Å². The van der Waals surface area contributed by atoms with Gasteiger partial charge in [0.15, 0.2) is 5.69 Å². The Morgan fingerprint density at radius 1 is 1.43 bits per heavy atom. The minimum absolute atomic E-state index is 0.271. The maximum atomic E-state index is 12.3. The minimum atomic E-state index is -0.286. The Kier molecular flexibility index (Phi) is 3.29. The highest BCUT2D eigenvalue weighted by Crippen LogP contribution is 2.42. The molecule has 0 unspecified atom stereocenters. The van der Waals surface area contributed by atoms with Crippen LogP contribution in [0.3, 0.4) is 0 Å². The van der Waals surface area contributed by atoms with Crippen LogP contribution in [0, 0.1) is 0 Å². The van der Waals surface area contributed by atoms with E-state index in [9.17, 15) is 4.79 Å². The third-order valence-electron chi connectivity index (χ3n) is 3.65. The number of rotatable bonds is 4. The summed E-state index contributed by atoms with van der Waals surface area (Å²) in [5.74, 6) is 0.155. The van der Waals surface area contributed by atoms with Gasteiger partial charge in [-0.05, 0) is 31.0 Å². The van der Waals surface area contributed by atoms with E-state index in [0.29, 0.717) is 11.6 Å². The summed E-state index contributed by atoms with van der Waals surface area (Å²) in [6.07, 6.45) is 2.22. The van der Waals surface area contributed by atoms with Gasteiger partial charge in [-0.1, -0.05) is 6.07 Å². The molecule has 110 valence electrons. The predicted molar refractivity (Wildman–Crippen MR) is 83.7 cm³/mol. The molecule has 1 aromatic heterocycles. The molecule has 0 spiro atoms. The van der Waals surface area contributed by atoms with Gasteiger partial charge in [0.25, 0.3) is 5.91 Å². The number of nitrogens with zero attached hydrogens (tertiary/aromatic N) is 2. The largest absolute Gasteiger partial charge is 0.395 e. The highest BCUT2D eigenvalue weighted by Gasteiger charge is 2.30. The average molecular weight is 285 g/mol. The quantitative estimate of drug-likeness (QED) is 0.803. The summed E-state index contributed by atoms with van der Waals surface area (Å²) in [7, 11) is 3.91. The molecule has 21 heavy (non-hydrogen) atoms. The van der Waals surface area contributed by atoms with Crippen molar-refractivity contribution in [3.8, 4) is 0 Å². The second-order valence-electron chi connectivity index (χ2n) is 5.57. The van der Waals surface area contributed by atoms with Crippen LogP contribution in [0.15, 0.2) is 24.3 Å². The molecule has 1 saturated carbocycles.